The third kappa shape index (κ3) is 1.60. The van der Waals surface area contributed by atoms with Gasteiger partial charge in [-0.3, -0.25) is 4.98 Å². The summed E-state index contributed by atoms with van der Waals surface area (Å²) in [4.78, 5) is 4.47. The zero-order valence-electron chi connectivity index (χ0n) is 8.34. The predicted octanol–water partition coefficient (Wildman–Crippen LogP) is 3.59. The van der Waals surface area contributed by atoms with E-state index < -0.39 is 0 Å². The Morgan fingerprint density at radius 2 is 2.00 bits per heavy atom. The molecule has 72 valence electrons. The fraction of sp³-hybridized carbons (Fsp3) is 0.250. The summed E-state index contributed by atoms with van der Waals surface area (Å²) in [6, 6.07) is 8.31. The molecule has 0 spiro atoms. The average Bonchev–Trinajstić information content (AvgIpc) is 2.17. The second-order valence-electron chi connectivity index (χ2n) is 3.58. The van der Waals surface area contributed by atoms with Crippen molar-refractivity contribution in [2.75, 3.05) is 0 Å². The number of pyridine rings is 1. The lowest BCUT2D eigenvalue weighted by atomic mass is 10.1. The van der Waals surface area contributed by atoms with Crippen LogP contribution in [0, 0.1) is 13.8 Å². The van der Waals surface area contributed by atoms with Crippen LogP contribution in [0.1, 0.15) is 16.8 Å². The molecule has 0 unspecified atom stereocenters. The van der Waals surface area contributed by atoms with Crippen LogP contribution in [0.3, 0.4) is 0 Å². The van der Waals surface area contributed by atoms with Gasteiger partial charge in [0.2, 0.25) is 0 Å². The number of aromatic nitrogens is 1. The summed E-state index contributed by atoms with van der Waals surface area (Å²) in [5.74, 6) is 0.545. The molecule has 14 heavy (non-hydrogen) atoms. The molecule has 0 radical (unpaired) electrons. The summed E-state index contributed by atoms with van der Waals surface area (Å²) in [5, 5.41) is 1.17. The first kappa shape index (κ1) is 9.47. The maximum atomic E-state index is 5.90. The van der Waals surface area contributed by atoms with Gasteiger partial charge in [-0.15, -0.1) is 11.6 Å². The van der Waals surface area contributed by atoms with E-state index in [0.717, 1.165) is 16.8 Å². The van der Waals surface area contributed by atoms with Crippen molar-refractivity contribution >= 4 is 22.5 Å². The van der Waals surface area contributed by atoms with Crippen LogP contribution in [0.25, 0.3) is 10.9 Å². The Morgan fingerprint density at radius 1 is 1.21 bits per heavy atom. The van der Waals surface area contributed by atoms with Crippen LogP contribution >= 0.6 is 11.6 Å². The maximum absolute atomic E-state index is 5.90. The number of aryl methyl sites for hydroxylation is 2. The van der Waals surface area contributed by atoms with Gasteiger partial charge in [-0.2, -0.15) is 0 Å². The highest BCUT2D eigenvalue weighted by molar-refractivity contribution is 6.18. The first-order valence-electron chi connectivity index (χ1n) is 4.63. The number of fused-ring (bicyclic) bond motifs is 1. The molecule has 0 aliphatic heterocycles. The maximum Gasteiger partial charge on any atom is 0.0708 e. The highest BCUT2D eigenvalue weighted by Gasteiger charge is 2.02. The van der Waals surface area contributed by atoms with Crippen LogP contribution in [0.15, 0.2) is 24.3 Å². The zero-order valence-corrected chi connectivity index (χ0v) is 9.10. The Kier molecular flexibility index (Phi) is 2.42. The standard InChI is InChI=1S/C12H12ClN/c1-8-3-4-12-11(5-8)10(7-13)6-9(2)14-12/h3-6H,7H2,1-2H3. The SMILES string of the molecule is Cc1ccc2nc(C)cc(CCl)c2c1. The van der Waals surface area contributed by atoms with Crippen LogP contribution < -0.4 is 0 Å². The first-order chi connectivity index (χ1) is 6.70. The molecule has 0 aliphatic rings. The Morgan fingerprint density at radius 3 is 2.71 bits per heavy atom. The Balaban J connectivity index is 2.81. The van der Waals surface area contributed by atoms with Crippen molar-refractivity contribution in [2.24, 2.45) is 0 Å². The molecule has 1 nitrogen and oxygen atoms in total. The van der Waals surface area contributed by atoms with Gasteiger partial charge in [0.15, 0.2) is 0 Å². The lowest BCUT2D eigenvalue weighted by molar-refractivity contribution is 1.22. The molecule has 0 saturated heterocycles. The number of hydrogen-bond donors (Lipinski definition) is 0. The molecule has 0 atom stereocenters. The first-order valence-corrected chi connectivity index (χ1v) is 5.17. The van der Waals surface area contributed by atoms with Gasteiger partial charge >= 0.3 is 0 Å². The van der Waals surface area contributed by atoms with Crippen molar-refractivity contribution in [2.45, 2.75) is 19.7 Å². The van der Waals surface area contributed by atoms with E-state index in [1.807, 2.05) is 13.0 Å². The molecular weight excluding hydrogens is 194 g/mol. The molecule has 1 aromatic carbocycles. The minimum atomic E-state index is 0.545. The van der Waals surface area contributed by atoms with Crippen LogP contribution in [-0.4, -0.2) is 4.98 Å². The largest absolute Gasteiger partial charge is 0.253 e. The van der Waals surface area contributed by atoms with E-state index in [1.54, 1.807) is 0 Å². The summed E-state index contributed by atoms with van der Waals surface area (Å²) in [5.41, 5.74) is 4.47. The van der Waals surface area contributed by atoms with Gasteiger partial charge in [0.1, 0.15) is 0 Å². The third-order valence-electron chi connectivity index (χ3n) is 2.32. The van der Waals surface area contributed by atoms with Crippen molar-refractivity contribution in [1.29, 1.82) is 0 Å². The molecule has 0 N–H and O–H groups in total. The Hall–Kier alpha value is -1.08. The predicted molar refractivity (Wildman–Crippen MR) is 60.8 cm³/mol. The van der Waals surface area contributed by atoms with Crippen molar-refractivity contribution < 1.29 is 0 Å². The van der Waals surface area contributed by atoms with E-state index >= 15 is 0 Å². The molecule has 0 amide bonds. The second-order valence-corrected chi connectivity index (χ2v) is 3.84. The normalized spacial score (nSPS) is 10.8. The number of benzene rings is 1. The number of nitrogens with zero attached hydrogens (tertiary/aromatic N) is 1. The van der Waals surface area contributed by atoms with Crippen molar-refractivity contribution in [1.82, 2.24) is 4.98 Å². The number of halogens is 1. The van der Waals surface area contributed by atoms with E-state index in [2.05, 4.69) is 30.1 Å². The smallest absolute Gasteiger partial charge is 0.0708 e. The summed E-state index contributed by atoms with van der Waals surface area (Å²) >= 11 is 5.90. The van der Waals surface area contributed by atoms with Gasteiger partial charge < -0.3 is 0 Å². The summed E-state index contributed by atoms with van der Waals surface area (Å²) in [6.07, 6.45) is 0. The average molecular weight is 206 g/mol. The van der Waals surface area contributed by atoms with Gasteiger partial charge in [-0.25, -0.2) is 0 Å². The lowest BCUT2D eigenvalue weighted by Crippen LogP contribution is -1.90. The number of alkyl halides is 1. The lowest BCUT2D eigenvalue weighted by Gasteiger charge is -2.05. The minimum Gasteiger partial charge on any atom is -0.253 e. The monoisotopic (exact) mass is 205 g/mol. The quantitative estimate of drug-likeness (QED) is 0.649. The van der Waals surface area contributed by atoms with Crippen molar-refractivity contribution in [3.8, 4) is 0 Å². The van der Waals surface area contributed by atoms with Gasteiger partial charge in [0.25, 0.3) is 0 Å². The van der Waals surface area contributed by atoms with E-state index in [0.29, 0.717) is 5.88 Å². The van der Waals surface area contributed by atoms with E-state index in [4.69, 9.17) is 11.6 Å². The highest BCUT2D eigenvalue weighted by Crippen LogP contribution is 2.21. The van der Waals surface area contributed by atoms with Crippen LogP contribution in [-0.2, 0) is 5.88 Å². The van der Waals surface area contributed by atoms with Gasteiger partial charge in [0.05, 0.1) is 5.52 Å². The molecular formula is C12H12ClN. The number of hydrogen-bond acceptors (Lipinski definition) is 1. The fourth-order valence-corrected chi connectivity index (χ4v) is 1.89. The molecule has 0 bridgehead atoms. The van der Waals surface area contributed by atoms with Crippen LogP contribution in [0.4, 0.5) is 0 Å². The molecule has 1 aromatic heterocycles. The fourth-order valence-electron chi connectivity index (χ4n) is 1.67. The van der Waals surface area contributed by atoms with E-state index in [1.165, 1.54) is 10.9 Å². The zero-order chi connectivity index (χ0) is 10.1. The molecule has 2 aromatic rings. The van der Waals surface area contributed by atoms with Gasteiger partial charge in [-0.05, 0) is 37.6 Å². The Labute approximate surface area is 88.7 Å². The third-order valence-corrected chi connectivity index (χ3v) is 2.61. The molecule has 2 heteroatoms. The van der Waals surface area contributed by atoms with Gasteiger partial charge in [0, 0.05) is 17.0 Å². The van der Waals surface area contributed by atoms with E-state index in [9.17, 15) is 0 Å². The summed E-state index contributed by atoms with van der Waals surface area (Å²) in [7, 11) is 0. The molecule has 0 saturated carbocycles. The number of rotatable bonds is 1. The Bertz CT molecular complexity index is 477. The van der Waals surface area contributed by atoms with Crippen molar-refractivity contribution in [3.05, 3.63) is 41.1 Å². The summed E-state index contributed by atoms with van der Waals surface area (Å²) in [6.45, 7) is 4.08. The second kappa shape index (κ2) is 3.58. The van der Waals surface area contributed by atoms with Crippen LogP contribution in [0.2, 0.25) is 0 Å². The minimum absolute atomic E-state index is 0.545. The molecule has 2 rings (SSSR count). The van der Waals surface area contributed by atoms with Gasteiger partial charge in [-0.1, -0.05) is 11.6 Å². The highest BCUT2D eigenvalue weighted by atomic mass is 35.5. The summed E-state index contributed by atoms with van der Waals surface area (Å²) < 4.78 is 0. The van der Waals surface area contributed by atoms with Crippen LogP contribution in [0.5, 0.6) is 0 Å². The van der Waals surface area contributed by atoms with E-state index in [-0.39, 0.29) is 0 Å². The molecule has 1 heterocycles. The molecule has 0 fully saturated rings. The molecule has 0 aliphatic carbocycles. The van der Waals surface area contributed by atoms with Crippen molar-refractivity contribution in [3.63, 3.8) is 0 Å². The topological polar surface area (TPSA) is 12.9 Å².